The van der Waals surface area contributed by atoms with Crippen molar-refractivity contribution in [3.05, 3.63) is 76.7 Å². The molecule has 2 N–H and O–H groups in total. The van der Waals surface area contributed by atoms with Gasteiger partial charge in [-0.1, -0.05) is 0 Å². The molecule has 2 aromatic carbocycles. The molecule has 0 saturated carbocycles. The van der Waals surface area contributed by atoms with Crippen molar-refractivity contribution < 1.29 is 18.6 Å². The number of nitrogens with one attached hydrogen (secondary N) is 1. The molecule has 5 rings (SSSR count). The van der Waals surface area contributed by atoms with Crippen molar-refractivity contribution in [2.24, 2.45) is 7.05 Å². The molecule has 2 aromatic heterocycles. The third kappa shape index (κ3) is 4.78. The number of aryl methyl sites for hydroxylation is 1. The molecule has 0 unspecified atom stereocenters. The van der Waals surface area contributed by atoms with Gasteiger partial charge in [0, 0.05) is 49.2 Å². The summed E-state index contributed by atoms with van der Waals surface area (Å²) in [5.41, 5.74) is 1.70. The van der Waals surface area contributed by atoms with E-state index in [1.54, 1.807) is 0 Å². The van der Waals surface area contributed by atoms with E-state index in [4.69, 9.17) is 4.74 Å². The zero-order valence-electron chi connectivity index (χ0n) is 18.9. The van der Waals surface area contributed by atoms with Crippen LogP contribution in [0.2, 0.25) is 0 Å². The van der Waals surface area contributed by atoms with E-state index in [2.05, 4.69) is 20.2 Å². The molecule has 10 heteroatoms. The Bertz CT molecular complexity index is 1430. The Kier molecular flexibility index (Phi) is 6.04. The standard InChI is InChI=1S/C25H23F2N5O3/c1-31-23-15(12-22(24(31)34)35-21-7-2-16(26)13-20(21)27)14-28-25(30-23)29-17-3-5-18(6-4-17)32-10-8-19(33)9-11-32/h2-7,12-14,19,33H,8-11H2,1H3,(H,28,29,30). The highest BCUT2D eigenvalue weighted by atomic mass is 19.1. The molecular weight excluding hydrogens is 456 g/mol. The van der Waals surface area contributed by atoms with Crippen molar-refractivity contribution in [2.45, 2.75) is 18.9 Å². The third-order valence-corrected chi connectivity index (χ3v) is 5.98. The molecule has 1 saturated heterocycles. The van der Waals surface area contributed by atoms with E-state index in [1.807, 2.05) is 24.3 Å². The molecule has 0 aliphatic carbocycles. The van der Waals surface area contributed by atoms with E-state index in [0.29, 0.717) is 23.0 Å². The smallest absolute Gasteiger partial charge is 0.294 e. The Morgan fingerprint density at radius 2 is 1.80 bits per heavy atom. The number of rotatable bonds is 5. The van der Waals surface area contributed by atoms with Crippen molar-refractivity contribution >= 4 is 28.4 Å². The predicted molar refractivity (Wildman–Crippen MR) is 128 cm³/mol. The van der Waals surface area contributed by atoms with Gasteiger partial charge in [0.15, 0.2) is 17.3 Å². The van der Waals surface area contributed by atoms with Gasteiger partial charge in [0.25, 0.3) is 5.56 Å². The van der Waals surface area contributed by atoms with E-state index < -0.39 is 17.2 Å². The van der Waals surface area contributed by atoms with E-state index in [9.17, 15) is 18.7 Å². The maximum atomic E-state index is 14.0. The zero-order chi connectivity index (χ0) is 24.5. The molecule has 4 aromatic rings. The summed E-state index contributed by atoms with van der Waals surface area (Å²) in [6.45, 7) is 1.63. The second kappa shape index (κ2) is 9.30. The van der Waals surface area contributed by atoms with Crippen LogP contribution in [0.25, 0.3) is 11.0 Å². The van der Waals surface area contributed by atoms with Gasteiger partial charge >= 0.3 is 0 Å². The Balaban J connectivity index is 1.36. The van der Waals surface area contributed by atoms with Crippen LogP contribution < -0.4 is 20.5 Å². The molecule has 1 fully saturated rings. The Morgan fingerprint density at radius 3 is 2.51 bits per heavy atom. The number of pyridine rings is 1. The summed E-state index contributed by atoms with van der Waals surface area (Å²) in [7, 11) is 1.53. The molecule has 8 nitrogen and oxygen atoms in total. The highest BCUT2D eigenvalue weighted by Crippen LogP contribution is 2.26. The molecule has 0 spiro atoms. The van der Waals surface area contributed by atoms with E-state index >= 15 is 0 Å². The van der Waals surface area contributed by atoms with Gasteiger partial charge in [0.05, 0.1) is 6.10 Å². The van der Waals surface area contributed by atoms with Crippen molar-refractivity contribution in [1.29, 1.82) is 0 Å². The molecular formula is C25H23F2N5O3. The largest absolute Gasteiger partial charge is 0.448 e. The Labute approximate surface area is 199 Å². The van der Waals surface area contributed by atoms with Crippen LogP contribution in [-0.4, -0.2) is 38.8 Å². The number of fused-ring (bicyclic) bond motifs is 1. The predicted octanol–water partition coefficient (Wildman–Crippen LogP) is 4.10. The average molecular weight is 479 g/mol. The third-order valence-electron chi connectivity index (χ3n) is 5.98. The Morgan fingerprint density at radius 1 is 1.06 bits per heavy atom. The van der Waals surface area contributed by atoms with Gasteiger partial charge in [-0.25, -0.2) is 13.8 Å². The number of anilines is 3. The number of aliphatic hydroxyl groups excluding tert-OH is 1. The number of piperidine rings is 1. The maximum absolute atomic E-state index is 14.0. The Hall–Kier alpha value is -4.05. The van der Waals surface area contributed by atoms with Crippen LogP contribution in [-0.2, 0) is 7.05 Å². The summed E-state index contributed by atoms with van der Waals surface area (Å²) >= 11 is 0. The molecule has 1 aliphatic rings. The van der Waals surface area contributed by atoms with E-state index in [0.717, 1.165) is 49.4 Å². The zero-order valence-corrected chi connectivity index (χ0v) is 18.9. The fraction of sp³-hybridized carbons (Fsp3) is 0.240. The molecule has 0 bridgehead atoms. The number of aliphatic hydroxyl groups is 1. The summed E-state index contributed by atoms with van der Waals surface area (Å²) in [4.78, 5) is 23.8. The van der Waals surface area contributed by atoms with E-state index in [-0.39, 0.29) is 17.6 Å². The average Bonchev–Trinajstić information content (AvgIpc) is 2.85. The van der Waals surface area contributed by atoms with Crippen LogP contribution >= 0.6 is 0 Å². The van der Waals surface area contributed by atoms with Crippen LogP contribution in [0.15, 0.2) is 59.5 Å². The van der Waals surface area contributed by atoms with Gasteiger partial charge in [-0.2, -0.15) is 4.98 Å². The molecule has 0 atom stereocenters. The van der Waals surface area contributed by atoms with E-state index in [1.165, 1.54) is 23.9 Å². The SMILES string of the molecule is Cn1c(=O)c(Oc2ccc(F)cc2F)cc2cnc(Nc3ccc(N4CCC(O)CC4)cc3)nc21. The lowest BCUT2D eigenvalue weighted by molar-refractivity contribution is 0.145. The lowest BCUT2D eigenvalue weighted by Gasteiger charge is -2.31. The van der Waals surface area contributed by atoms with Crippen LogP contribution in [0.3, 0.4) is 0 Å². The van der Waals surface area contributed by atoms with Gasteiger partial charge < -0.3 is 20.1 Å². The summed E-state index contributed by atoms with van der Waals surface area (Å²) in [5.74, 6) is -1.73. The van der Waals surface area contributed by atoms with Gasteiger partial charge in [0.2, 0.25) is 5.95 Å². The number of nitrogens with zero attached hydrogens (tertiary/aromatic N) is 4. The first-order valence-electron chi connectivity index (χ1n) is 11.2. The number of halogens is 2. The fourth-order valence-corrected chi connectivity index (χ4v) is 4.04. The van der Waals surface area contributed by atoms with Gasteiger partial charge in [0.1, 0.15) is 11.5 Å². The quantitative estimate of drug-likeness (QED) is 0.445. The summed E-state index contributed by atoms with van der Waals surface area (Å²) in [6.07, 6.45) is 2.83. The topological polar surface area (TPSA) is 92.5 Å². The van der Waals surface area contributed by atoms with Crippen LogP contribution in [0.1, 0.15) is 12.8 Å². The molecule has 35 heavy (non-hydrogen) atoms. The molecule has 180 valence electrons. The van der Waals surface area contributed by atoms with Crippen molar-refractivity contribution in [2.75, 3.05) is 23.3 Å². The minimum absolute atomic E-state index is 0.129. The lowest BCUT2D eigenvalue weighted by Crippen LogP contribution is -2.35. The van der Waals surface area contributed by atoms with Crippen LogP contribution in [0.4, 0.5) is 26.1 Å². The van der Waals surface area contributed by atoms with Gasteiger partial charge in [-0.3, -0.25) is 9.36 Å². The van der Waals surface area contributed by atoms with Crippen LogP contribution in [0, 0.1) is 11.6 Å². The summed E-state index contributed by atoms with van der Waals surface area (Å²) < 4.78 is 33.8. The van der Waals surface area contributed by atoms with Crippen molar-refractivity contribution in [3.63, 3.8) is 0 Å². The fourth-order valence-electron chi connectivity index (χ4n) is 4.04. The van der Waals surface area contributed by atoms with Crippen molar-refractivity contribution in [1.82, 2.24) is 14.5 Å². The number of aromatic nitrogens is 3. The number of hydrogen-bond acceptors (Lipinski definition) is 7. The summed E-state index contributed by atoms with van der Waals surface area (Å²) in [6, 6.07) is 12.1. The minimum Gasteiger partial charge on any atom is -0.448 e. The second-order valence-corrected chi connectivity index (χ2v) is 8.41. The first kappa shape index (κ1) is 22.7. The maximum Gasteiger partial charge on any atom is 0.294 e. The number of ether oxygens (including phenoxy) is 1. The highest BCUT2D eigenvalue weighted by molar-refractivity contribution is 5.77. The lowest BCUT2D eigenvalue weighted by atomic mass is 10.1. The van der Waals surface area contributed by atoms with Gasteiger partial charge in [-0.15, -0.1) is 0 Å². The first-order chi connectivity index (χ1) is 16.9. The van der Waals surface area contributed by atoms with Crippen LogP contribution in [0.5, 0.6) is 11.5 Å². The van der Waals surface area contributed by atoms with Gasteiger partial charge in [-0.05, 0) is 55.3 Å². The number of benzene rings is 2. The number of hydrogen-bond donors (Lipinski definition) is 2. The molecule has 3 heterocycles. The molecule has 0 radical (unpaired) electrons. The van der Waals surface area contributed by atoms with Crippen molar-refractivity contribution in [3.8, 4) is 11.5 Å². The highest BCUT2D eigenvalue weighted by Gasteiger charge is 2.17. The normalized spacial score (nSPS) is 14.3. The first-order valence-corrected chi connectivity index (χ1v) is 11.2. The monoisotopic (exact) mass is 479 g/mol. The minimum atomic E-state index is -0.910. The molecule has 1 aliphatic heterocycles. The molecule has 0 amide bonds. The summed E-state index contributed by atoms with van der Waals surface area (Å²) in [5, 5.41) is 13.3. The second-order valence-electron chi connectivity index (χ2n) is 8.41.